The van der Waals surface area contributed by atoms with E-state index in [1.54, 1.807) is 11.3 Å². The molecular weight excluding hydrogens is 256 g/mol. The molecular formula is C15H24N2OS. The summed E-state index contributed by atoms with van der Waals surface area (Å²) in [5.74, 6) is 1.50. The summed E-state index contributed by atoms with van der Waals surface area (Å²) < 4.78 is 0. The Morgan fingerprint density at radius 2 is 2.21 bits per heavy atom. The Balaban J connectivity index is 1.57. The lowest BCUT2D eigenvalue weighted by atomic mass is 10.0. The molecule has 2 fully saturated rings. The molecule has 1 saturated carbocycles. The van der Waals surface area contributed by atoms with E-state index >= 15 is 0 Å². The Bertz CT molecular complexity index is 428. The van der Waals surface area contributed by atoms with Crippen LogP contribution in [-0.4, -0.2) is 34.6 Å². The van der Waals surface area contributed by atoms with E-state index in [2.05, 4.69) is 11.8 Å². The number of aliphatic hydroxyl groups is 1. The van der Waals surface area contributed by atoms with E-state index in [0.717, 1.165) is 23.8 Å². The van der Waals surface area contributed by atoms with E-state index in [1.165, 1.54) is 49.5 Å². The second kappa shape index (κ2) is 5.90. The predicted molar refractivity (Wildman–Crippen MR) is 78.6 cm³/mol. The lowest BCUT2D eigenvalue weighted by Gasteiger charge is -2.30. The summed E-state index contributed by atoms with van der Waals surface area (Å²) in [6.45, 7) is 6.15. The van der Waals surface area contributed by atoms with Crippen molar-refractivity contribution in [3.63, 3.8) is 0 Å². The Hall–Kier alpha value is -0.450. The van der Waals surface area contributed by atoms with Crippen molar-refractivity contribution in [1.82, 2.24) is 9.88 Å². The molecule has 3 nitrogen and oxygen atoms in total. The van der Waals surface area contributed by atoms with E-state index in [-0.39, 0.29) is 6.61 Å². The lowest BCUT2D eigenvalue weighted by molar-refractivity contribution is 0.186. The number of piperidine rings is 1. The van der Waals surface area contributed by atoms with E-state index < -0.39 is 0 Å². The van der Waals surface area contributed by atoms with Gasteiger partial charge in [0.15, 0.2) is 0 Å². The quantitative estimate of drug-likeness (QED) is 0.901. The van der Waals surface area contributed by atoms with Gasteiger partial charge in [-0.2, -0.15) is 0 Å². The molecule has 0 spiro atoms. The minimum atomic E-state index is 0.171. The fraction of sp³-hybridized carbons (Fsp3) is 0.800. The standard InChI is InChI=1S/C15H24N2OS/c1-11-3-2-7-17(9-11)8-6-14-16-15(12-4-5-12)13(10-18)19-14/h11-12,18H,2-10H2,1H3. The lowest BCUT2D eigenvalue weighted by Crippen LogP contribution is -2.35. The molecule has 1 N–H and O–H groups in total. The number of aliphatic hydroxyl groups excluding tert-OH is 1. The highest BCUT2D eigenvalue weighted by atomic mass is 32.1. The first kappa shape index (κ1) is 13.5. The summed E-state index contributed by atoms with van der Waals surface area (Å²) in [6, 6.07) is 0. The first-order chi connectivity index (χ1) is 9.26. The number of rotatable bonds is 5. The van der Waals surface area contributed by atoms with Gasteiger partial charge in [0.2, 0.25) is 0 Å². The largest absolute Gasteiger partial charge is 0.391 e. The van der Waals surface area contributed by atoms with Crippen LogP contribution in [0, 0.1) is 5.92 Å². The van der Waals surface area contributed by atoms with Gasteiger partial charge in [0.05, 0.1) is 22.2 Å². The van der Waals surface area contributed by atoms with E-state index in [9.17, 15) is 5.11 Å². The SMILES string of the molecule is CC1CCCN(CCc2nc(C3CC3)c(CO)s2)C1. The van der Waals surface area contributed by atoms with Crippen molar-refractivity contribution in [3.05, 3.63) is 15.6 Å². The number of thiazole rings is 1. The molecule has 2 heterocycles. The highest BCUT2D eigenvalue weighted by molar-refractivity contribution is 7.11. The number of hydrogen-bond acceptors (Lipinski definition) is 4. The van der Waals surface area contributed by atoms with Gasteiger partial charge in [-0.3, -0.25) is 0 Å². The maximum Gasteiger partial charge on any atom is 0.0944 e. The first-order valence-electron chi connectivity index (χ1n) is 7.58. The zero-order chi connectivity index (χ0) is 13.2. The van der Waals surface area contributed by atoms with Gasteiger partial charge in [0.1, 0.15) is 0 Å². The Labute approximate surface area is 119 Å². The van der Waals surface area contributed by atoms with Crippen molar-refractivity contribution >= 4 is 11.3 Å². The zero-order valence-corrected chi connectivity index (χ0v) is 12.6. The maximum atomic E-state index is 9.42. The van der Waals surface area contributed by atoms with Crippen molar-refractivity contribution in [2.75, 3.05) is 19.6 Å². The fourth-order valence-corrected chi connectivity index (χ4v) is 4.06. The molecule has 4 heteroatoms. The molecule has 3 rings (SSSR count). The van der Waals surface area contributed by atoms with Gasteiger partial charge in [0.25, 0.3) is 0 Å². The zero-order valence-electron chi connectivity index (χ0n) is 11.8. The van der Waals surface area contributed by atoms with Crippen molar-refractivity contribution in [2.45, 2.75) is 51.6 Å². The minimum absolute atomic E-state index is 0.171. The van der Waals surface area contributed by atoms with Gasteiger partial charge in [0, 0.05) is 25.4 Å². The van der Waals surface area contributed by atoms with Crippen LogP contribution in [0.2, 0.25) is 0 Å². The van der Waals surface area contributed by atoms with Gasteiger partial charge >= 0.3 is 0 Å². The average Bonchev–Trinajstić information content (AvgIpc) is 3.17. The summed E-state index contributed by atoms with van der Waals surface area (Å²) >= 11 is 1.73. The van der Waals surface area contributed by atoms with Crippen molar-refractivity contribution < 1.29 is 5.11 Å². The van der Waals surface area contributed by atoms with Gasteiger partial charge < -0.3 is 10.0 Å². The van der Waals surface area contributed by atoms with Crippen LogP contribution in [0.15, 0.2) is 0 Å². The number of hydrogen-bond donors (Lipinski definition) is 1. The number of likely N-dealkylation sites (tertiary alicyclic amines) is 1. The molecule has 1 unspecified atom stereocenters. The molecule has 0 amide bonds. The molecule has 1 aromatic heterocycles. The van der Waals surface area contributed by atoms with Crippen molar-refractivity contribution in [1.29, 1.82) is 0 Å². The van der Waals surface area contributed by atoms with Gasteiger partial charge in [-0.05, 0) is 38.1 Å². The maximum absolute atomic E-state index is 9.42. The third-order valence-electron chi connectivity index (χ3n) is 4.26. The summed E-state index contributed by atoms with van der Waals surface area (Å²) in [7, 11) is 0. The first-order valence-corrected chi connectivity index (χ1v) is 8.39. The van der Waals surface area contributed by atoms with Crippen LogP contribution in [0.4, 0.5) is 0 Å². The van der Waals surface area contributed by atoms with E-state index in [1.807, 2.05) is 0 Å². The molecule has 0 radical (unpaired) electrons. The number of aromatic nitrogens is 1. The van der Waals surface area contributed by atoms with Crippen LogP contribution in [0.1, 0.15) is 54.1 Å². The molecule has 0 aromatic carbocycles. The van der Waals surface area contributed by atoms with Crippen molar-refractivity contribution in [3.8, 4) is 0 Å². The summed E-state index contributed by atoms with van der Waals surface area (Å²) in [6.07, 6.45) is 6.30. The highest BCUT2D eigenvalue weighted by Gasteiger charge is 2.29. The van der Waals surface area contributed by atoms with Crippen LogP contribution >= 0.6 is 11.3 Å². The van der Waals surface area contributed by atoms with Crippen LogP contribution in [-0.2, 0) is 13.0 Å². The second-order valence-electron chi connectivity index (χ2n) is 6.15. The topological polar surface area (TPSA) is 36.4 Å². The third kappa shape index (κ3) is 3.36. The van der Waals surface area contributed by atoms with Gasteiger partial charge in [-0.25, -0.2) is 4.98 Å². The third-order valence-corrected chi connectivity index (χ3v) is 5.38. The molecule has 19 heavy (non-hydrogen) atoms. The highest BCUT2D eigenvalue weighted by Crippen LogP contribution is 2.42. The minimum Gasteiger partial charge on any atom is -0.391 e. The van der Waals surface area contributed by atoms with Gasteiger partial charge in [-0.15, -0.1) is 11.3 Å². The molecule has 1 saturated heterocycles. The normalized spacial score (nSPS) is 24.8. The second-order valence-corrected chi connectivity index (χ2v) is 7.31. The predicted octanol–water partition coefficient (Wildman–Crippen LogP) is 2.79. The molecule has 1 aliphatic carbocycles. The van der Waals surface area contributed by atoms with Gasteiger partial charge in [-0.1, -0.05) is 6.92 Å². The number of nitrogens with zero attached hydrogens (tertiary/aromatic N) is 2. The van der Waals surface area contributed by atoms with Crippen LogP contribution in [0.3, 0.4) is 0 Å². The average molecular weight is 280 g/mol. The fourth-order valence-electron chi connectivity index (χ4n) is 3.05. The summed E-state index contributed by atoms with van der Waals surface area (Å²) in [5.41, 5.74) is 1.20. The molecule has 0 bridgehead atoms. The molecule has 2 aliphatic rings. The Kier molecular flexibility index (Phi) is 4.20. The molecule has 1 aliphatic heterocycles. The summed E-state index contributed by atoms with van der Waals surface area (Å²) in [4.78, 5) is 8.47. The van der Waals surface area contributed by atoms with E-state index in [0.29, 0.717) is 5.92 Å². The van der Waals surface area contributed by atoms with E-state index in [4.69, 9.17) is 4.98 Å². The monoisotopic (exact) mass is 280 g/mol. The Morgan fingerprint density at radius 3 is 2.89 bits per heavy atom. The van der Waals surface area contributed by atoms with Crippen molar-refractivity contribution in [2.24, 2.45) is 5.92 Å². The smallest absolute Gasteiger partial charge is 0.0944 e. The van der Waals surface area contributed by atoms with Crippen LogP contribution in [0.5, 0.6) is 0 Å². The molecule has 106 valence electrons. The Morgan fingerprint density at radius 1 is 1.37 bits per heavy atom. The molecule has 1 atom stereocenters. The summed E-state index contributed by atoms with van der Waals surface area (Å²) in [5, 5.41) is 10.6. The van der Waals surface area contributed by atoms with Crippen LogP contribution < -0.4 is 0 Å². The van der Waals surface area contributed by atoms with Crippen LogP contribution in [0.25, 0.3) is 0 Å². The molecule has 1 aromatic rings.